The molecular formula is C15H16N2O3. The minimum atomic E-state index is -0.991. The second kappa shape index (κ2) is 5.69. The average molecular weight is 272 g/mol. The SMILES string of the molecule is CCc1cc(-c2cncc(C(=O)O)c2)c(C)nc1OC. The lowest BCUT2D eigenvalue weighted by molar-refractivity contribution is 0.0696. The first kappa shape index (κ1) is 14.0. The number of aryl methyl sites for hydroxylation is 2. The van der Waals surface area contributed by atoms with Crippen molar-refractivity contribution >= 4 is 5.97 Å². The van der Waals surface area contributed by atoms with Gasteiger partial charge in [0.15, 0.2) is 0 Å². The molecule has 20 heavy (non-hydrogen) atoms. The van der Waals surface area contributed by atoms with Gasteiger partial charge in [-0.3, -0.25) is 4.98 Å². The Bertz CT molecular complexity index is 654. The van der Waals surface area contributed by atoms with Crippen LogP contribution in [0.5, 0.6) is 5.88 Å². The standard InChI is InChI=1S/C15H16N2O3/c1-4-10-6-13(9(2)17-14(10)20-3)11-5-12(15(18)19)8-16-7-11/h5-8H,4H2,1-3H3,(H,18,19). The van der Waals surface area contributed by atoms with Crippen molar-refractivity contribution in [3.63, 3.8) is 0 Å². The highest BCUT2D eigenvalue weighted by Crippen LogP contribution is 2.28. The molecule has 0 unspecified atom stereocenters. The summed E-state index contributed by atoms with van der Waals surface area (Å²) < 4.78 is 5.25. The van der Waals surface area contributed by atoms with Crippen LogP contribution in [0.1, 0.15) is 28.5 Å². The number of aromatic nitrogens is 2. The molecule has 0 aliphatic carbocycles. The van der Waals surface area contributed by atoms with E-state index in [2.05, 4.69) is 9.97 Å². The molecule has 2 rings (SSSR count). The summed E-state index contributed by atoms with van der Waals surface area (Å²) >= 11 is 0. The average Bonchev–Trinajstić information content (AvgIpc) is 2.46. The number of hydrogen-bond donors (Lipinski definition) is 1. The summed E-state index contributed by atoms with van der Waals surface area (Å²) in [6.07, 6.45) is 3.76. The molecule has 2 heterocycles. The van der Waals surface area contributed by atoms with Gasteiger partial charge in [-0.05, 0) is 25.5 Å². The van der Waals surface area contributed by atoms with Crippen molar-refractivity contribution in [2.75, 3.05) is 7.11 Å². The number of rotatable bonds is 4. The molecule has 0 radical (unpaired) electrons. The smallest absolute Gasteiger partial charge is 0.337 e. The predicted octanol–water partition coefficient (Wildman–Crippen LogP) is 2.72. The van der Waals surface area contributed by atoms with Crippen LogP contribution in [0, 0.1) is 6.92 Å². The number of nitrogens with zero attached hydrogens (tertiary/aromatic N) is 2. The van der Waals surface area contributed by atoms with Crippen molar-refractivity contribution in [3.05, 3.63) is 41.3 Å². The number of ether oxygens (including phenoxy) is 1. The molecule has 0 aliphatic rings. The minimum Gasteiger partial charge on any atom is -0.481 e. The van der Waals surface area contributed by atoms with E-state index < -0.39 is 5.97 Å². The zero-order valence-electron chi connectivity index (χ0n) is 11.7. The van der Waals surface area contributed by atoms with Gasteiger partial charge in [-0.1, -0.05) is 6.92 Å². The van der Waals surface area contributed by atoms with Crippen molar-refractivity contribution < 1.29 is 14.6 Å². The maximum atomic E-state index is 11.0. The number of methoxy groups -OCH3 is 1. The van der Waals surface area contributed by atoms with E-state index in [1.165, 1.54) is 6.20 Å². The van der Waals surface area contributed by atoms with Crippen LogP contribution in [0.15, 0.2) is 24.5 Å². The Morgan fingerprint density at radius 2 is 2.10 bits per heavy atom. The fourth-order valence-corrected chi connectivity index (χ4v) is 2.05. The van der Waals surface area contributed by atoms with Crippen LogP contribution in [-0.2, 0) is 6.42 Å². The van der Waals surface area contributed by atoms with Gasteiger partial charge in [0, 0.05) is 34.8 Å². The Morgan fingerprint density at radius 1 is 1.35 bits per heavy atom. The van der Waals surface area contributed by atoms with Crippen LogP contribution in [0.3, 0.4) is 0 Å². The Hall–Kier alpha value is -2.43. The highest BCUT2D eigenvalue weighted by atomic mass is 16.5. The largest absolute Gasteiger partial charge is 0.481 e. The molecule has 1 N–H and O–H groups in total. The lowest BCUT2D eigenvalue weighted by atomic mass is 10.0. The van der Waals surface area contributed by atoms with Crippen molar-refractivity contribution in [3.8, 4) is 17.0 Å². The number of aromatic carboxylic acids is 1. The van der Waals surface area contributed by atoms with Crippen molar-refractivity contribution in [2.45, 2.75) is 20.3 Å². The zero-order valence-corrected chi connectivity index (χ0v) is 11.7. The van der Waals surface area contributed by atoms with Gasteiger partial charge in [0.2, 0.25) is 5.88 Å². The van der Waals surface area contributed by atoms with Crippen molar-refractivity contribution in [1.82, 2.24) is 9.97 Å². The van der Waals surface area contributed by atoms with Gasteiger partial charge in [0.25, 0.3) is 0 Å². The topological polar surface area (TPSA) is 72.3 Å². The normalized spacial score (nSPS) is 10.3. The zero-order chi connectivity index (χ0) is 14.7. The molecule has 0 amide bonds. The van der Waals surface area contributed by atoms with Gasteiger partial charge in [-0.2, -0.15) is 0 Å². The predicted molar refractivity (Wildman–Crippen MR) is 75.1 cm³/mol. The summed E-state index contributed by atoms with van der Waals surface area (Å²) in [6.45, 7) is 3.88. The third-order valence-electron chi connectivity index (χ3n) is 3.12. The summed E-state index contributed by atoms with van der Waals surface area (Å²) in [4.78, 5) is 19.4. The Labute approximate surface area is 117 Å². The number of carbonyl (C=O) groups is 1. The van der Waals surface area contributed by atoms with E-state index in [1.807, 2.05) is 19.9 Å². The first-order valence-corrected chi connectivity index (χ1v) is 6.30. The fourth-order valence-electron chi connectivity index (χ4n) is 2.05. The highest BCUT2D eigenvalue weighted by Gasteiger charge is 2.12. The molecule has 0 atom stereocenters. The van der Waals surface area contributed by atoms with Gasteiger partial charge in [-0.15, -0.1) is 0 Å². The van der Waals surface area contributed by atoms with E-state index in [0.717, 1.165) is 28.8 Å². The van der Waals surface area contributed by atoms with Crippen LogP contribution >= 0.6 is 0 Å². The molecule has 2 aromatic heterocycles. The molecule has 0 saturated carbocycles. The lowest BCUT2D eigenvalue weighted by Crippen LogP contribution is -2.00. The third-order valence-corrected chi connectivity index (χ3v) is 3.12. The Kier molecular flexibility index (Phi) is 3.98. The van der Waals surface area contributed by atoms with E-state index in [1.54, 1.807) is 19.4 Å². The molecule has 104 valence electrons. The third kappa shape index (κ3) is 2.61. The lowest BCUT2D eigenvalue weighted by Gasteiger charge is -2.11. The van der Waals surface area contributed by atoms with E-state index in [-0.39, 0.29) is 5.56 Å². The van der Waals surface area contributed by atoms with Crippen molar-refractivity contribution in [1.29, 1.82) is 0 Å². The van der Waals surface area contributed by atoms with E-state index in [4.69, 9.17) is 9.84 Å². The molecule has 0 spiro atoms. The molecular weight excluding hydrogens is 256 g/mol. The van der Waals surface area contributed by atoms with E-state index >= 15 is 0 Å². The second-order valence-electron chi connectivity index (χ2n) is 4.41. The maximum absolute atomic E-state index is 11.0. The summed E-state index contributed by atoms with van der Waals surface area (Å²) in [5.74, 6) is -0.384. The summed E-state index contributed by atoms with van der Waals surface area (Å²) in [7, 11) is 1.59. The molecule has 0 bridgehead atoms. The number of pyridine rings is 2. The van der Waals surface area contributed by atoms with Crippen LogP contribution in [0.2, 0.25) is 0 Å². The molecule has 5 nitrogen and oxygen atoms in total. The molecule has 0 saturated heterocycles. The quantitative estimate of drug-likeness (QED) is 0.926. The molecule has 5 heteroatoms. The van der Waals surface area contributed by atoms with Crippen molar-refractivity contribution in [2.24, 2.45) is 0 Å². The van der Waals surface area contributed by atoms with Gasteiger partial charge in [-0.25, -0.2) is 9.78 Å². The molecule has 0 aliphatic heterocycles. The van der Waals surface area contributed by atoms with Crippen LogP contribution in [0.4, 0.5) is 0 Å². The van der Waals surface area contributed by atoms with Crippen LogP contribution < -0.4 is 4.74 Å². The second-order valence-corrected chi connectivity index (χ2v) is 4.41. The van der Waals surface area contributed by atoms with Gasteiger partial charge < -0.3 is 9.84 Å². The van der Waals surface area contributed by atoms with E-state index in [0.29, 0.717) is 5.88 Å². The summed E-state index contributed by atoms with van der Waals surface area (Å²) in [6, 6.07) is 3.58. The Morgan fingerprint density at radius 3 is 2.70 bits per heavy atom. The highest BCUT2D eigenvalue weighted by molar-refractivity contribution is 5.89. The van der Waals surface area contributed by atoms with E-state index in [9.17, 15) is 4.79 Å². The van der Waals surface area contributed by atoms with Gasteiger partial charge in [0.1, 0.15) is 0 Å². The fraction of sp³-hybridized carbons (Fsp3) is 0.267. The maximum Gasteiger partial charge on any atom is 0.337 e. The first-order valence-electron chi connectivity index (χ1n) is 6.30. The monoisotopic (exact) mass is 272 g/mol. The number of hydrogen-bond acceptors (Lipinski definition) is 4. The Balaban J connectivity index is 2.57. The molecule has 2 aromatic rings. The summed E-state index contributed by atoms with van der Waals surface area (Å²) in [5.41, 5.74) is 3.54. The summed E-state index contributed by atoms with van der Waals surface area (Å²) in [5, 5.41) is 9.03. The molecule has 0 fully saturated rings. The number of carboxylic acid groups (broad SMARTS) is 1. The number of carboxylic acids is 1. The van der Waals surface area contributed by atoms with Crippen LogP contribution in [-0.4, -0.2) is 28.2 Å². The minimum absolute atomic E-state index is 0.163. The first-order chi connectivity index (χ1) is 9.56. The van der Waals surface area contributed by atoms with Crippen LogP contribution in [0.25, 0.3) is 11.1 Å². The van der Waals surface area contributed by atoms with Gasteiger partial charge >= 0.3 is 5.97 Å². The van der Waals surface area contributed by atoms with Gasteiger partial charge in [0.05, 0.1) is 12.7 Å². The molecule has 0 aromatic carbocycles.